The number of aromatic nitrogens is 3. The van der Waals surface area contributed by atoms with Gasteiger partial charge in [0.1, 0.15) is 5.52 Å². The molecule has 0 atom stereocenters. The van der Waals surface area contributed by atoms with Gasteiger partial charge in [0.2, 0.25) is 0 Å². The Morgan fingerprint density at radius 2 is 0.484 bits per heavy atom. The molecule has 9 heteroatoms. The molecule has 0 saturated heterocycles. The Hall–Kier alpha value is -9.16. The molecule has 93 heavy (non-hydrogen) atoms. The molecule has 15 rings (SSSR count). The molecule has 0 aliphatic heterocycles. The summed E-state index contributed by atoms with van der Waals surface area (Å²) in [6, 6.07) is 133. The van der Waals surface area contributed by atoms with E-state index < -0.39 is 31.7 Å². The smallest absolute Gasteiger partial charge is 0.156 e. The highest BCUT2D eigenvalue weighted by Crippen LogP contribution is 2.37. The van der Waals surface area contributed by atoms with Crippen molar-refractivity contribution in [1.82, 2.24) is 15.0 Å². The normalized spacial score (nSPS) is 10.6. The standard InChI is InChI=1S/4C18H15P.C12H8ClN3S/c4*1-4-10-16(11-5-1)19(17-12-6-2-7-13-17)18-14-8-3-9-15-18;1-7-16-10-11(17-7)9(6-15-12(10)13)8-3-2-4-14-5-8/h4*1-15H;2-6H,1H3. The summed E-state index contributed by atoms with van der Waals surface area (Å²) in [6.45, 7) is 1.97. The van der Waals surface area contributed by atoms with Crippen LogP contribution in [-0.2, 0) is 0 Å². The predicted octanol–water partition coefficient (Wildman–Crippen LogP) is 17.5. The molecule has 0 bridgehead atoms. The average molecular weight is 1310 g/mol. The summed E-state index contributed by atoms with van der Waals surface area (Å²) in [5, 5.41) is 18.2. The molecular weight excluding hydrogens is 1240 g/mol. The van der Waals surface area contributed by atoms with Gasteiger partial charge in [0.05, 0.1) is 9.71 Å². The van der Waals surface area contributed by atoms with Crippen LogP contribution in [0.1, 0.15) is 5.01 Å². The maximum absolute atomic E-state index is 6.05. The Balaban J connectivity index is 0.000000119. The van der Waals surface area contributed by atoms with Crippen LogP contribution in [0.15, 0.2) is 395 Å². The molecule has 0 spiro atoms. The van der Waals surface area contributed by atoms with E-state index in [1.54, 1.807) is 23.7 Å². The number of fused-ring (bicyclic) bond motifs is 1. The van der Waals surface area contributed by atoms with Crippen LogP contribution in [0.5, 0.6) is 0 Å². The minimum absolute atomic E-state index is 0.446. The lowest BCUT2D eigenvalue weighted by molar-refractivity contribution is 1.29. The molecule has 3 heterocycles. The largest absolute Gasteiger partial charge is 0.264 e. The van der Waals surface area contributed by atoms with Crippen LogP contribution < -0.4 is 63.7 Å². The lowest BCUT2D eigenvalue weighted by Gasteiger charge is -2.18. The number of rotatable bonds is 13. The molecule has 3 nitrogen and oxygen atoms in total. The maximum Gasteiger partial charge on any atom is 0.156 e. The monoisotopic (exact) mass is 1310 g/mol. The number of thiazole rings is 1. The molecule has 0 fully saturated rings. The Labute approximate surface area is 562 Å². The zero-order chi connectivity index (χ0) is 63.5. The summed E-state index contributed by atoms with van der Waals surface area (Å²) >= 11 is 7.67. The van der Waals surface area contributed by atoms with Crippen molar-refractivity contribution in [3.05, 3.63) is 405 Å². The minimum atomic E-state index is -0.446. The van der Waals surface area contributed by atoms with Crippen molar-refractivity contribution in [2.45, 2.75) is 6.92 Å². The molecule has 0 N–H and O–H groups in total. The van der Waals surface area contributed by atoms with E-state index in [1.807, 2.05) is 25.3 Å². The first kappa shape index (κ1) is 65.3. The molecule has 0 aliphatic rings. The summed E-state index contributed by atoms with van der Waals surface area (Å²) in [4.78, 5) is 12.7. The molecule has 452 valence electrons. The fourth-order valence-electron chi connectivity index (χ4n) is 10.4. The molecule has 0 radical (unpaired) electrons. The second kappa shape index (κ2) is 35.0. The molecule has 15 aromatic rings. The van der Waals surface area contributed by atoms with E-state index in [-0.39, 0.29) is 0 Å². The molecule has 0 amide bonds. The summed E-state index contributed by atoms with van der Waals surface area (Å²) in [5.74, 6) is 0. The highest BCUT2D eigenvalue weighted by atomic mass is 35.5. The Bertz CT molecular complexity index is 3700. The van der Waals surface area contributed by atoms with Crippen LogP contribution >= 0.6 is 54.6 Å². The van der Waals surface area contributed by atoms with Crippen molar-refractivity contribution in [1.29, 1.82) is 0 Å². The Kier molecular flexibility index (Phi) is 24.6. The lowest BCUT2D eigenvalue weighted by Crippen LogP contribution is -2.20. The van der Waals surface area contributed by atoms with Gasteiger partial charge >= 0.3 is 0 Å². The molecule has 12 aromatic carbocycles. The third-order valence-corrected chi connectivity index (χ3v) is 25.7. The highest BCUT2D eigenvalue weighted by molar-refractivity contribution is 7.81. The SMILES string of the molecule is Cc1nc2c(Cl)ncc(-c3cccnc3)c2s1.c1ccc(P(c2ccccc2)c2ccccc2)cc1.c1ccc(P(c2ccccc2)c2ccccc2)cc1.c1ccc(P(c2ccccc2)c2ccccc2)cc1.c1ccc(P(c2ccccc2)c2ccccc2)cc1. The van der Waals surface area contributed by atoms with E-state index in [4.69, 9.17) is 11.6 Å². The lowest BCUT2D eigenvalue weighted by atomic mass is 10.1. The summed E-state index contributed by atoms with van der Waals surface area (Å²) in [7, 11) is -1.78. The van der Waals surface area contributed by atoms with Crippen LogP contribution in [0.25, 0.3) is 21.3 Å². The number of pyridine rings is 2. The molecule has 0 saturated carbocycles. The fourth-order valence-corrected chi connectivity index (χ4v) is 20.8. The van der Waals surface area contributed by atoms with Crippen LogP contribution in [0.4, 0.5) is 0 Å². The zero-order valence-electron chi connectivity index (χ0n) is 51.4. The van der Waals surface area contributed by atoms with E-state index in [1.165, 1.54) is 63.7 Å². The molecule has 0 aliphatic carbocycles. The number of aryl methyl sites for hydroxylation is 1. The number of benzene rings is 12. The third kappa shape index (κ3) is 18.3. The summed E-state index contributed by atoms with van der Waals surface area (Å²) in [5.41, 5.74) is 2.84. The van der Waals surface area contributed by atoms with Gasteiger partial charge in [0, 0.05) is 29.7 Å². The Morgan fingerprint density at radius 1 is 0.269 bits per heavy atom. The second-order valence-electron chi connectivity index (χ2n) is 21.0. The first-order chi connectivity index (χ1) is 46.1. The van der Waals surface area contributed by atoms with Crippen LogP contribution in [0, 0.1) is 6.92 Å². The second-order valence-corrected chi connectivity index (χ2v) is 31.4. The van der Waals surface area contributed by atoms with Crippen molar-refractivity contribution >= 4 is 128 Å². The summed E-state index contributed by atoms with van der Waals surface area (Å²) < 4.78 is 1.07. The van der Waals surface area contributed by atoms with Gasteiger partial charge in [-0.3, -0.25) is 4.98 Å². The van der Waals surface area contributed by atoms with Gasteiger partial charge in [-0.1, -0.05) is 382 Å². The van der Waals surface area contributed by atoms with Crippen molar-refractivity contribution in [3.63, 3.8) is 0 Å². The van der Waals surface area contributed by atoms with E-state index in [0.717, 1.165) is 26.4 Å². The number of nitrogens with zero attached hydrogens (tertiary/aromatic N) is 3. The van der Waals surface area contributed by atoms with Gasteiger partial charge in [0.15, 0.2) is 5.15 Å². The fraction of sp³-hybridized carbons (Fsp3) is 0.0119. The van der Waals surface area contributed by atoms with Crippen LogP contribution in [0.2, 0.25) is 5.15 Å². The predicted molar refractivity (Wildman–Crippen MR) is 411 cm³/mol. The van der Waals surface area contributed by atoms with Crippen LogP contribution in [0.3, 0.4) is 0 Å². The maximum atomic E-state index is 6.05. The minimum Gasteiger partial charge on any atom is -0.264 e. The molecule has 3 aromatic heterocycles. The van der Waals surface area contributed by atoms with Crippen molar-refractivity contribution in [2.24, 2.45) is 0 Å². The first-order valence-electron chi connectivity index (χ1n) is 30.7. The third-order valence-electron chi connectivity index (χ3n) is 14.6. The van der Waals surface area contributed by atoms with Gasteiger partial charge in [-0.25, -0.2) is 9.97 Å². The van der Waals surface area contributed by atoms with E-state index in [9.17, 15) is 0 Å². The van der Waals surface area contributed by atoms with Gasteiger partial charge in [-0.05, 0) is 108 Å². The quantitative estimate of drug-likeness (QED) is 0.0853. The van der Waals surface area contributed by atoms with Crippen molar-refractivity contribution in [2.75, 3.05) is 0 Å². The number of hydrogen-bond acceptors (Lipinski definition) is 4. The van der Waals surface area contributed by atoms with Gasteiger partial charge in [-0.2, -0.15) is 0 Å². The van der Waals surface area contributed by atoms with E-state index >= 15 is 0 Å². The number of halogens is 1. The number of hydrogen-bond donors (Lipinski definition) is 0. The highest BCUT2D eigenvalue weighted by Gasteiger charge is 2.19. The van der Waals surface area contributed by atoms with Gasteiger partial charge in [0.25, 0.3) is 0 Å². The molecular formula is C84H68ClN3P4S. The average Bonchev–Trinajstić information content (AvgIpc) is 1.94. The first-order valence-corrected chi connectivity index (χ1v) is 37.2. The van der Waals surface area contributed by atoms with E-state index in [2.05, 4.69) is 379 Å². The van der Waals surface area contributed by atoms with Crippen molar-refractivity contribution in [3.8, 4) is 11.1 Å². The topological polar surface area (TPSA) is 38.7 Å². The van der Waals surface area contributed by atoms with Crippen molar-refractivity contribution < 1.29 is 0 Å². The van der Waals surface area contributed by atoms with Crippen LogP contribution in [-0.4, -0.2) is 15.0 Å². The summed E-state index contributed by atoms with van der Waals surface area (Å²) in [6.07, 6.45) is 5.35. The molecule has 0 unspecified atom stereocenters. The van der Waals surface area contributed by atoms with Gasteiger partial charge in [-0.15, -0.1) is 11.3 Å². The Morgan fingerprint density at radius 3 is 0.677 bits per heavy atom. The zero-order valence-corrected chi connectivity index (χ0v) is 56.6. The van der Waals surface area contributed by atoms with E-state index in [0.29, 0.717) is 5.15 Å². The van der Waals surface area contributed by atoms with Gasteiger partial charge < -0.3 is 0 Å².